The van der Waals surface area contributed by atoms with E-state index < -0.39 is 28.3 Å². The molecule has 0 unspecified atom stereocenters. The van der Waals surface area contributed by atoms with Gasteiger partial charge in [0.2, 0.25) is 10.0 Å². The molecule has 0 saturated carbocycles. The second-order valence-electron chi connectivity index (χ2n) is 6.52. The maximum Gasteiger partial charge on any atom is 0.255 e. The van der Waals surface area contributed by atoms with Crippen molar-refractivity contribution in [3.05, 3.63) is 101 Å². The Labute approximate surface area is 185 Å². The van der Waals surface area contributed by atoms with Crippen molar-refractivity contribution >= 4 is 33.7 Å². The van der Waals surface area contributed by atoms with Gasteiger partial charge in [-0.05, 0) is 35.9 Å². The van der Waals surface area contributed by atoms with Crippen LogP contribution >= 0.6 is 11.6 Å². The summed E-state index contributed by atoms with van der Waals surface area (Å²) < 4.78 is 41.3. The summed E-state index contributed by atoms with van der Waals surface area (Å²) in [5, 5.41) is 4.22. The van der Waals surface area contributed by atoms with Crippen LogP contribution in [0.1, 0.15) is 11.1 Å². The molecule has 3 aromatic carbocycles. The Morgan fingerprint density at radius 1 is 1.00 bits per heavy atom. The van der Waals surface area contributed by atoms with E-state index >= 15 is 0 Å². The lowest BCUT2D eigenvalue weighted by molar-refractivity contribution is -0.121. The predicted molar refractivity (Wildman–Crippen MR) is 118 cm³/mol. The molecule has 1 N–H and O–H groups in total. The molecule has 0 aliphatic rings. The van der Waals surface area contributed by atoms with E-state index in [1.165, 1.54) is 48.7 Å². The molecule has 0 aromatic heterocycles. The van der Waals surface area contributed by atoms with Gasteiger partial charge in [-0.3, -0.25) is 4.79 Å². The summed E-state index contributed by atoms with van der Waals surface area (Å²) in [5.74, 6) is -1.23. The maximum atomic E-state index is 14.2. The van der Waals surface area contributed by atoms with Crippen molar-refractivity contribution in [2.45, 2.75) is 11.4 Å². The first-order valence-corrected chi connectivity index (χ1v) is 11.0. The van der Waals surface area contributed by atoms with Crippen LogP contribution in [0.4, 0.5) is 4.39 Å². The molecule has 0 bridgehead atoms. The number of hydrogen-bond donors (Lipinski definition) is 1. The first kappa shape index (κ1) is 22.6. The standard InChI is InChI=1S/C22H19ClFN3O3S/c23-19-10-12-20(13-11-19)31(29,30)27(15-18-8-4-5-9-21(18)24)16-22(28)26-25-14-17-6-2-1-3-7-17/h1-14H,15-16H2,(H,26,28)/b25-14+. The summed E-state index contributed by atoms with van der Waals surface area (Å²) in [5.41, 5.74) is 3.21. The minimum Gasteiger partial charge on any atom is -0.272 e. The lowest BCUT2D eigenvalue weighted by Gasteiger charge is -2.21. The van der Waals surface area contributed by atoms with Crippen molar-refractivity contribution < 1.29 is 17.6 Å². The van der Waals surface area contributed by atoms with E-state index in [4.69, 9.17) is 11.6 Å². The van der Waals surface area contributed by atoms with Gasteiger partial charge >= 0.3 is 0 Å². The van der Waals surface area contributed by atoms with Gasteiger partial charge in [-0.15, -0.1) is 0 Å². The van der Waals surface area contributed by atoms with Gasteiger partial charge < -0.3 is 0 Å². The van der Waals surface area contributed by atoms with Crippen LogP contribution in [0.25, 0.3) is 0 Å². The number of benzene rings is 3. The molecule has 0 atom stereocenters. The molecule has 0 radical (unpaired) electrons. The van der Waals surface area contributed by atoms with E-state index in [1.54, 1.807) is 18.2 Å². The molecule has 0 saturated heterocycles. The predicted octanol–water partition coefficient (Wildman–Crippen LogP) is 3.82. The van der Waals surface area contributed by atoms with Gasteiger partial charge in [0, 0.05) is 17.1 Å². The third kappa shape index (κ3) is 6.21. The number of sulfonamides is 1. The number of carbonyl (C=O) groups excluding carboxylic acids is 1. The summed E-state index contributed by atoms with van der Waals surface area (Å²) in [6.45, 7) is -0.876. The zero-order chi connectivity index (χ0) is 22.3. The number of hydrogen-bond acceptors (Lipinski definition) is 4. The van der Waals surface area contributed by atoms with Gasteiger partial charge in [0.1, 0.15) is 5.82 Å². The molecule has 3 rings (SSSR count). The van der Waals surface area contributed by atoms with E-state index in [1.807, 2.05) is 18.2 Å². The monoisotopic (exact) mass is 459 g/mol. The zero-order valence-corrected chi connectivity index (χ0v) is 17.9. The Balaban J connectivity index is 1.81. The van der Waals surface area contributed by atoms with Gasteiger partial charge in [-0.1, -0.05) is 60.1 Å². The van der Waals surface area contributed by atoms with Crippen LogP contribution < -0.4 is 5.43 Å². The van der Waals surface area contributed by atoms with Gasteiger partial charge in [0.15, 0.2) is 0 Å². The van der Waals surface area contributed by atoms with Crippen LogP contribution in [-0.4, -0.2) is 31.4 Å². The molecule has 160 valence electrons. The smallest absolute Gasteiger partial charge is 0.255 e. The maximum absolute atomic E-state index is 14.2. The normalized spacial score (nSPS) is 11.7. The second-order valence-corrected chi connectivity index (χ2v) is 8.90. The van der Waals surface area contributed by atoms with Crippen LogP contribution in [0.15, 0.2) is 88.9 Å². The average Bonchev–Trinajstić information content (AvgIpc) is 2.76. The lowest BCUT2D eigenvalue weighted by atomic mass is 10.2. The largest absolute Gasteiger partial charge is 0.272 e. The SMILES string of the molecule is O=C(CN(Cc1ccccc1F)S(=O)(=O)c1ccc(Cl)cc1)N/N=C/c1ccccc1. The van der Waals surface area contributed by atoms with Crippen molar-refractivity contribution in [1.82, 2.24) is 9.73 Å². The number of amides is 1. The number of rotatable bonds is 8. The Bertz CT molecular complexity index is 1170. The van der Waals surface area contributed by atoms with Crippen LogP contribution in [0, 0.1) is 5.82 Å². The zero-order valence-electron chi connectivity index (χ0n) is 16.3. The molecule has 31 heavy (non-hydrogen) atoms. The van der Waals surface area contributed by atoms with E-state index in [2.05, 4.69) is 10.5 Å². The average molecular weight is 460 g/mol. The first-order valence-electron chi connectivity index (χ1n) is 9.22. The van der Waals surface area contributed by atoms with E-state index in [-0.39, 0.29) is 17.0 Å². The van der Waals surface area contributed by atoms with Crippen LogP contribution in [-0.2, 0) is 21.4 Å². The number of hydrazone groups is 1. The lowest BCUT2D eigenvalue weighted by Crippen LogP contribution is -2.39. The number of nitrogens with one attached hydrogen (secondary N) is 1. The summed E-state index contributed by atoms with van der Waals surface area (Å²) in [6.07, 6.45) is 1.44. The highest BCUT2D eigenvalue weighted by atomic mass is 35.5. The Morgan fingerprint density at radius 3 is 2.32 bits per heavy atom. The van der Waals surface area contributed by atoms with Gasteiger partial charge in [0.25, 0.3) is 5.91 Å². The van der Waals surface area contributed by atoms with Crippen molar-refractivity contribution in [1.29, 1.82) is 0 Å². The Morgan fingerprint density at radius 2 is 1.65 bits per heavy atom. The van der Waals surface area contributed by atoms with Crippen molar-refractivity contribution in [3.8, 4) is 0 Å². The highest BCUT2D eigenvalue weighted by Crippen LogP contribution is 2.21. The molecule has 0 heterocycles. The van der Waals surface area contributed by atoms with Crippen LogP contribution in [0.5, 0.6) is 0 Å². The van der Waals surface area contributed by atoms with Crippen molar-refractivity contribution in [2.75, 3.05) is 6.54 Å². The Hall–Kier alpha value is -3.07. The molecule has 0 aliphatic heterocycles. The van der Waals surface area contributed by atoms with Crippen molar-refractivity contribution in [2.24, 2.45) is 5.10 Å². The highest BCUT2D eigenvalue weighted by Gasteiger charge is 2.27. The molecule has 9 heteroatoms. The quantitative estimate of drug-likeness (QED) is 0.411. The molecule has 3 aromatic rings. The molecule has 0 fully saturated rings. The summed E-state index contributed by atoms with van der Waals surface area (Å²) in [7, 11) is -4.11. The third-order valence-electron chi connectivity index (χ3n) is 4.28. The van der Waals surface area contributed by atoms with Crippen molar-refractivity contribution in [3.63, 3.8) is 0 Å². The fourth-order valence-electron chi connectivity index (χ4n) is 2.71. The topological polar surface area (TPSA) is 78.8 Å². The van der Waals surface area contributed by atoms with Gasteiger partial charge in [0.05, 0.1) is 17.7 Å². The molecular formula is C22H19ClFN3O3S. The number of halogens is 2. The molecule has 1 amide bonds. The van der Waals surface area contributed by atoms with Gasteiger partial charge in [-0.2, -0.15) is 9.41 Å². The van der Waals surface area contributed by atoms with Crippen LogP contribution in [0.3, 0.4) is 0 Å². The Kier molecular flexibility index (Phi) is 7.51. The highest BCUT2D eigenvalue weighted by molar-refractivity contribution is 7.89. The molecule has 0 aliphatic carbocycles. The summed E-state index contributed by atoms with van der Waals surface area (Å²) in [4.78, 5) is 12.3. The van der Waals surface area contributed by atoms with E-state index in [9.17, 15) is 17.6 Å². The van der Waals surface area contributed by atoms with E-state index in [0.29, 0.717) is 5.02 Å². The minimum absolute atomic E-state index is 0.0613. The summed E-state index contributed by atoms with van der Waals surface area (Å²) in [6, 6.07) is 20.4. The molecule has 0 spiro atoms. The van der Waals surface area contributed by atoms with Gasteiger partial charge in [-0.25, -0.2) is 18.2 Å². The second kappa shape index (κ2) is 10.3. The summed E-state index contributed by atoms with van der Waals surface area (Å²) >= 11 is 5.85. The molecular weight excluding hydrogens is 441 g/mol. The fourth-order valence-corrected chi connectivity index (χ4v) is 4.21. The fraction of sp³-hybridized carbons (Fsp3) is 0.0909. The molecule has 6 nitrogen and oxygen atoms in total. The number of nitrogens with zero attached hydrogens (tertiary/aromatic N) is 2. The first-order chi connectivity index (χ1) is 14.9. The minimum atomic E-state index is -4.11. The third-order valence-corrected chi connectivity index (χ3v) is 6.34. The number of carbonyl (C=O) groups is 1. The van der Waals surface area contributed by atoms with E-state index in [0.717, 1.165) is 9.87 Å². The van der Waals surface area contributed by atoms with Crippen LogP contribution in [0.2, 0.25) is 5.02 Å².